The lowest BCUT2D eigenvalue weighted by molar-refractivity contribution is -0.126. The van der Waals surface area contributed by atoms with E-state index in [1.165, 1.54) is 41.0 Å². The van der Waals surface area contributed by atoms with E-state index in [1.54, 1.807) is 41.5 Å². The van der Waals surface area contributed by atoms with Crippen molar-refractivity contribution < 1.29 is 51.7 Å². The molecule has 0 bridgehead atoms. The Balaban J connectivity index is 1.38. The molecule has 14 nitrogen and oxygen atoms in total. The van der Waals surface area contributed by atoms with Crippen LogP contribution >= 0.6 is 0 Å². The van der Waals surface area contributed by atoms with E-state index in [2.05, 4.69) is 16.0 Å². The molecule has 2 aliphatic rings. The number of nitrogens with one attached hydrogen (secondary N) is 3. The van der Waals surface area contributed by atoms with E-state index in [1.807, 2.05) is 0 Å². The Morgan fingerprint density at radius 3 is 1.72 bits per heavy atom. The van der Waals surface area contributed by atoms with Crippen molar-refractivity contribution in [2.75, 3.05) is 42.6 Å². The van der Waals surface area contributed by atoms with Crippen molar-refractivity contribution in [3.8, 4) is 11.1 Å². The third-order valence-corrected chi connectivity index (χ3v) is 7.34. The van der Waals surface area contributed by atoms with Gasteiger partial charge < -0.3 is 34.9 Å². The van der Waals surface area contributed by atoms with Crippen LogP contribution in [0.1, 0.15) is 48.5 Å². The van der Waals surface area contributed by atoms with Gasteiger partial charge in [0.1, 0.15) is 35.5 Å². The molecular weight excluding hydrogens is 660 g/mol. The molecule has 0 aliphatic carbocycles. The van der Waals surface area contributed by atoms with Gasteiger partial charge in [0.25, 0.3) is 0 Å². The van der Waals surface area contributed by atoms with Crippen LogP contribution in [-0.4, -0.2) is 92.3 Å². The highest BCUT2D eigenvalue weighted by molar-refractivity contribution is 5.92. The summed E-state index contributed by atoms with van der Waals surface area (Å²) in [6.45, 7) is 11.7. The average molecular weight is 704 g/mol. The van der Waals surface area contributed by atoms with Crippen molar-refractivity contribution in [1.82, 2.24) is 16.0 Å². The Labute approximate surface area is 288 Å². The van der Waals surface area contributed by atoms with Crippen LogP contribution < -0.4 is 25.8 Å². The van der Waals surface area contributed by atoms with E-state index < -0.39 is 65.3 Å². The third kappa shape index (κ3) is 10.3. The lowest BCUT2D eigenvalue weighted by Gasteiger charge is -2.26. The molecule has 0 radical (unpaired) electrons. The van der Waals surface area contributed by atoms with Gasteiger partial charge in [-0.3, -0.25) is 19.4 Å². The van der Waals surface area contributed by atoms with Gasteiger partial charge in [0.05, 0.1) is 49.8 Å². The first-order valence-electron chi connectivity index (χ1n) is 16.0. The van der Waals surface area contributed by atoms with Gasteiger partial charge >= 0.3 is 18.3 Å². The fourth-order valence-electron chi connectivity index (χ4n) is 5.02. The topological polar surface area (TPSA) is 165 Å². The first-order valence-corrected chi connectivity index (χ1v) is 16.0. The van der Waals surface area contributed by atoms with Crippen LogP contribution in [0.3, 0.4) is 0 Å². The van der Waals surface area contributed by atoms with Crippen LogP contribution in [0.5, 0.6) is 0 Å². The van der Waals surface area contributed by atoms with Crippen LogP contribution in [0.25, 0.3) is 11.1 Å². The zero-order chi connectivity index (χ0) is 37.0. The summed E-state index contributed by atoms with van der Waals surface area (Å²) >= 11 is 0. The quantitative estimate of drug-likeness (QED) is 0.291. The highest BCUT2D eigenvalue weighted by Gasteiger charge is 2.35. The van der Waals surface area contributed by atoms with Gasteiger partial charge in [0.2, 0.25) is 11.8 Å². The Morgan fingerprint density at radius 1 is 0.820 bits per heavy atom. The standard InChI is InChI=1S/C34H43F2N5O9/c1-19(42)37-14-22-16-40(31(45)48-22)20-8-10-24(26(35)12-20)25-11-9-21(13-27(25)36)41-17-23(49-32(41)46)15-38-29(43)28(18-47-33(2,3)4)39-30(44)50-34(5,6)7/h8-13,22-23,28H,14-18H2,1-7H3,(H,37,42)(H,38,43)(H,39,44)/t22-,23+,28+/m1/s1. The number of halogens is 2. The normalized spacial score (nSPS) is 18.3. The third-order valence-electron chi connectivity index (χ3n) is 7.34. The Bertz CT molecular complexity index is 1620. The number of carbonyl (C=O) groups excluding carboxylic acids is 5. The maximum absolute atomic E-state index is 15.4. The van der Waals surface area contributed by atoms with Crippen molar-refractivity contribution >= 4 is 41.5 Å². The molecule has 50 heavy (non-hydrogen) atoms. The number of ether oxygens (including phenoxy) is 4. The number of hydrogen-bond donors (Lipinski definition) is 3. The number of rotatable bonds is 11. The number of hydrogen-bond acceptors (Lipinski definition) is 9. The SMILES string of the molecule is CC(=O)NC[C@@H]1CN(c2ccc(-c3ccc(N4C[C@H](CNC(=O)[C@H](COC(C)(C)C)NC(=O)OC(C)(C)C)OC4=O)cc3F)c(F)c2)C(=O)O1. The second-order valence-corrected chi connectivity index (χ2v) is 13.9. The minimum absolute atomic E-state index is 0.0293. The fraction of sp³-hybridized carbons (Fsp3) is 0.500. The van der Waals surface area contributed by atoms with Crippen molar-refractivity contribution in [3.63, 3.8) is 0 Å². The van der Waals surface area contributed by atoms with Gasteiger partial charge in [-0.1, -0.05) is 0 Å². The second-order valence-electron chi connectivity index (χ2n) is 13.9. The molecule has 3 atom stereocenters. The van der Waals surface area contributed by atoms with E-state index in [9.17, 15) is 24.0 Å². The maximum Gasteiger partial charge on any atom is 0.414 e. The average Bonchev–Trinajstić information content (AvgIpc) is 3.57. The number of amides is 5. The summed E-state index contributed by atoms with van der Waals surface area (Å²) in [6.07, 6.45) is -3.70. The monoisotopic (exact) mass is 703 g/mol. The van der Waals surface area contributed by atoms with Gasteiger partial charge in [-0.25, -0.2) is 23.2 Å². The fourth-order valence-corrected chi connectivity index (χ4v) is 5.02. The molecular formula is C34H43F2N5O9. The van der Waals surface area contributed by atoms with E-state index >= 15 is 8.78 Å². The first kappa shape index (κ1) is 37.8. The van der Waals surface area contributed by atoms with Crippen LogP contribution in [-0.2, 0) is 28.5 Å². The summed E-state index contributed by atoms with van der Waals surface area (Å²) in [5.74, 6) is -2.49. The Kier molecular flexibility index (Phi) is 11.6. The van der Waals surface area contributed by atoms with Gasteiger partial charge in [-0.15, -0.1) is 0 Å². The number of benzene rings is 2. The summed E-state index contributed by atoms with van der Waals surface area (Å²) in [6, 6.07) is 6.59. The molecule has 272 valence electrons. The molecule has 0 aromatic heterocycles. The predicted molar refractivity (Wildman–Crippen MR) is 178 cm³/mol. The number of nitrogens with zero attached hydrogens (tertiary/aromatic N) is 2. The maximum atomic E-state index is 15.4. The van der Waals surface area contributed by atoms with Crippen molar-refractivity contribution in [3.05, 3.63) is 48.0 Å². The highest BCUT2D eigenvalue weighted by atomic mass is 19.1. The largest absolute Gasteiger partial charge is 0.444 e. The van der Waals surface area contributed by atoms with Crippen molar-refractivity contribution in [2.24, 2.45) is 0 Å². The molecule has 16 heteroatoms. The van der Waals surface area contributed by atoms with Crippen molar-refractivity contribution in [2.45, 2.75) is 77.9 Å². The van der Waals surface area contributed by atoms with Crippen LogP contribution in [0, 0.1) is 11.6 Å². The van der Waals surface area contributed by atoms with Crippen LogP contribution in [0.15, 0.2) is 36.4 Å². The molecule has 2 aliphatic heterocycles. The number of cyclic esters (lactones) is 2. The van der Waals surface area contributed by atoms with Crippen LogP contribution in [0.2, 0.25) is 0 Å². The van der Waals surface area contributed by atoms with Crippen molar-refractivity contribution in [1.29, 1.82) is 0 Å². The van der Waals surface area contributed by atoms with Gasteiger partial charge in [0.15, 0.2) is 0 Å². The molecule has 0 saturated carbocycles. The summed E-state index contributed by atoms with van der Waals surface area (Å²) in [7, 11) is 0. The number of anilines is 2. The summed E-state index contributed by atoms with van der Waals surface area (Å²) in [5.41, 5.74) is -1.20. The predicted octanol–water partition coefficient (Wildman–Crippen LogP) is 4.24. The zero-order valence-electron chi connectivity index (χ0n) is 29.1. The molecule has 2 heterocycles. The molecule has 2 fully saturated rings. The van der Waals surface area contributed by atoms with E-state index in [-0.39, 0.29) is 61.2 Å². The van der Waals surface area contributed by atoms with Gasteiger partial charge in [-0.2, -0.15) is 0 Å². The van der Waals surface area contributed by atoms with Gasteiger partial charge in [0, 0.05) is 18.1 Å². The van der Waals surface area contributed by atoms with E-state index in [4.69, 9.17) is 18.9 Å². The van der Waals surface area contributed by atoms with E-state index in [0.29, 0.717) is 0 Å². The van der Waals surface area contributed by atoms with Crippen LogP contribution in [0.4, 0.5) is 34.5 Å². The second kappa shape index (κ2) is 15.3. The molecule has 2 aromatic carbocycles. The Morgan fingerprint density at radius 2 is 1.30 bits per heavy atom. The molecule has 0 spiro atoms. The highest BCUT2D eigenvalue weighted by Crippen LogP contribution is 2.33. The van der Waals surface area contributed by atoms with Gasteiger partial charge in [-0.05, 0) is 77.9 Å². The van der Waals surface area contributed by atoms with E-state index in [0.717, 1.165) is 12.1 Å². The molecule has 3 N–H and O–H groups in total. The molecule has 4 rings (SSSR count). The smallest absolute Gasteiger partial charge is 0.414 e. The minimum Gasteiger partial charge on any atom is -0.444 e. The minimum atomic E-state index is -1.11. The lowest BCUT2D eigenvalue weighted by Crippen LogP contribution is -2.52. The molecule has 0 unspecified atom stereocenters. The zero-order valence-corrected chi connectivity index (χ0v) is 29.1. The summed E-state index contributed by atoms with van der Waals surface area (Å²) in [5, 5.41) is 7.72. The summed E-state index contributed by atoms with van der Waals surface area (Å²) < 4.78 is 52.2. The molecule has 2 aromatic rings. The number of alkyl carbamates (subject to hydrolysis) is 1. The molecule has 2 saturated heterocycles. The summed E-state index contributed by atoms with van der Waals surface area (Å²) in [4.78, 5) is 64.0. The first-order chi connectivity index (χ1) is 23.3. The lowest BCUT2D eigenvalue weighted by atomic mass is 10.0. The Hall–Kier alpha value is -4.99. The molecule has 5 amide bonds. The number of carbonyl (C=O) groups is 5.